The number of para-hydroxylation sites is 1. The fourth-order valence-corrected chi connectivity index (χ4v) is 4.87. The molecular formula is C22H29NO4S. The van der Waals surface area contributed by atoms with Gasteiger partial charge in [-0.3, -0.25) is 4.79 Å². The van der Waals surface area contributed by atoms with Gasteiger partial charge in [-0.05, 0) is 42.7 Å². The highest BCUT2D eigenvalue weighted by Gasteiger charge is 2.33. The highest BCUT2D eigenvalue weighted by molar-refractivity contribution is 7.18. The van der Waals surface area contributed by atoms with E-state index >= 15 is 0 Å². The predicted octanol–water partition coefficient (Wildman–Crippen LogP) is 4.78. The molecule has 1 aromatic heterocycles. The van der Waals surface area contributed by atoms with Crippen molar-refractivity contribution < 1.29 is 19.1 Å². The van der Waals surface area contributed by atoms with Crippen LogP contribution < -0.4 is 0 Å². The van der Waals surface area contributed by atoms with E-state index in [1.807, 2.05) is 24.3 Å². The van der Waals surface area contributed by atoms with Gasteiger partial charge in [-0.1, -0.05) is 39.3 Å². The first-order valence-corrected chi connectivity index (χ1v) is 10.9. The molecule has 3 atom stereocenters. The van der Waals surface area contributed by atoms with Crippen LogP contribution in [-0.4, -0.2) is 29.6 Å². The third kappa shape index (κ3) is 5.53. The maximum atomic E-state index is 12.2. The number of aromatic nitrogens is 1. The van der Waals surface area contributed by atoms with Crippen molar-refractivity contribution in [3.63, 3.8) is 0 Å². The van der Waals surface area contributed by atoms with Gasteiger partial charge in [0.05, 0.1) is 21.6 Å². The maximum absolute atomic E-state index is 12.2. The Kier molecular flexibility index (Phi) is 7.05. The van der Waals surface area contributed by atoms with Gasteiger partial charge in [-0.25, -0.2) is 9.78 Å². The van der Waals surface area contributed by atoms with Crippen molar-refractivity contribution in [2.24, 2.45) is 17.8 Å². The normalized spacial score (nSPS) is 22.4. The molecule has 28 heavy (non-hydrogen) atoms. The first-order chi connectivity index (χ1) is 13.4. The molecule has 0 radical (unpaired) electrons. The van der Waals surface area contributed by atoms with Gasteiger partial charge in [0.15, 0.2) is 6.61 Å². The van der Waals surface area contributed by atoms with E-state index in [1.54, 1.807) is 11.3 Å². The first-order valence-electron chi connectivity index (χ1n) is 10.1. The van der Waals surface area contributed by atoms with Crippen LogP contribution in [-0.2, 0) is 25.5 Å². The highest BCUT2D eigenvalue weighted by atomic mass is 32.1. The van der Waals surface area contributed by atoms with Crippen LogP contribution in [0.2, 0.25) is 0 Å². The number of carbonyl (C=O) groups is 2. The number of carbonyl (C=O) groups excluding carboxylic acids is 2. The van der Waals surface area contributed by atoms with Crippen molar-refractivity contribution in [3.05, 3.63) is 29.3 Å². The van der Waals surface area contributed by atoms with Gasteiger partial charge in [-0.2, -0.15) is 0 Å². The predicted molar refractivity (Wildman–Crippen MR) is 110 cm³/mol. The third-order valence-electron chi connectivity index (χ3n) is 5.48. The lowest BCUT2D eigenvalue weighted by molar-refractivity contribution is -0.167. The first kappa shape index (κ1) is 20.8. The number of ether oxygens (including phenoxy) is 2. The summed E-state index contributed by atoms with van der Waals surface area (Å²) in [5.74, 6) is 0.576. The fraction of sp³-hybridized carbons (Fsp3) is 0.591. The van der Waals surface area contributed by atoms with Gasteiger partial charge in [0.25, 0.3) is 0 Å². The zero-order chi connectivity index (χ0) is 20.1. The fourth-order valence-electron chi connectivity index (χ4n) is 3.90. The lowest BCUT2D eigenvalue weighted by Crippen LogP contribution is -2.36. The average molecular weight is 404 g/mol. The van der Waals surface area contributed by atoms with Gasteiger partial charge in [-0.15, -0.1) is 11.3 Å². The second kappa shape index (κ2) is 9.50. The van der Waals surface area contributed by atoms with E-state index in [0.717, 1.165) is 28.1 Å². The molecule has 152 valence electrons. The maximum Gasteiger partial charge on any atom is 0.344 e. The zero-order valence-corrected chi connectivity index (χ0v) is 17.7. The number of esters is 2. The quantitative estimate of drug-likeness (QED) is 0.623. The molecule has 1 aliphatic carbocycles. The van der Waals surface area contributed by atoms with E-state index in [9.17, 15) is 9.59 Å². The molecule has 3 unspecified atom stereocenters. The summed E-state index contributed by atoms with van der Waals surface area (Å²) >= 11 is 1.58. The SMILES string of the molecule is CC1CCC(C(C)C)C(OC(=O)COC(=O)CCc2nc3ccccc3s2)C1. The summed E-state index contributed by atoms with van der Waals surface area (Å²) < 4.78 is 11.9. The Balaban J connectivity index is 1.42. The number of hydrogen-bond donors (Lipinski definition) is 0. The van der Waals surface area contributed by atoms with Crippen molar-refractivity contribution in [1.29, 1.82) is 0 Å². The van der Waals surface area contributed by atoms with Crippen LogP contribution in [0, 0.1) is 17.8 Å². The molecule has 0 saturated heterocycles. The molecule has 2 aromatic rings. The summed E-state index contributed by atoms with van der Waals surface area (Å²) in [6, 6.07) is 7.89. The molecule has 0 amide bonds. The summed E-state index contributed by atoms with van der Waals surface area (Å²) in [5.41, 5.74) is 0.945. The monoisotopic (exact) mass is 403 g/mol. The van der Waals surface area contributed by atoms with Gasteiger partial charge in [0, 0.05) is 6.42 Å². The molecule has 1 saturated carbocycles. The van der Waals surface area contributed by atoms with E-state index in [1.165, 1.54) is 6.42 Å². The molecule has 1 fully saturated rings. The minimum atomic E-state index is -0.446. The molecule has 6 heteroatoms. The molecular weight excluding hydrogens is 374 g/mol. The summed E-state index contributed by atoms with van der Waals surface area (Å²) in [5, 5.41) is 0.900. The lowest BCUT2D eigenvalue weighted by atomic mass is 9.75. The van der Waals surface area contributed by atoms with Crippen molar-refractivity contribution >= 4 is 33.5 Å². The Labute approximate surface area is 170 Å². The van der Waals surface area contributed by atoms with Gasteiger partial charge >= 0.3 is 11.9 Å². The zero-order valence-electron chi connectivity index (χ0n) is 16.8. The third-order valence-corrected chi connectivity index (χ3v) is 6.57. The molecule has 1 heterocycles. The van der Waals surface area contributed by atoms with Crippen LogP contribution in [0.1, 0.15) is 51.5 Å². The summed E-state index contributed by atoms with van der Waals surface area (Å²) in [7, 11) is 0. The molecule has 0 N–H and O–H groups in total. The van der Waals surface area contributed by atoms with Gasteiger partial charge in [0.2, 0.25) is 0 Å². The second-order valence-electron chi connectivity index (χ2n) is 8.09. The number of fused-ring (bicyclic) bond motifs is 1. The molecule has 0 spiro atoms. The summed E-state index contributed by atoms with van der Waals surface area (Å²) in [4.78, 5) is 28.7. The molecule has 0 bridgehead atoms. The number of aryl methyl sites for hydroxylation is 1. The number of hydrogen-bond acceptors (Lipinski definition) is 6. The topological polar surface area (TPSA) is 65.5 Å². The van der Waals surface area contributed by atoms with Crippen LogP contribution in [0.3, 0.4) is 0 Å². The van der Waals surface area contributed by atoms with Crippen molar-refractivity contribution in [2.75, 3.05) is 6.61 Å². The minimum Gasteiger partial charge on any atom is -0.460 e. The number of benzene rings is 1. The Morgan fingerprint density at radius 1 is 1.21 bits per heavy atom. The molecule has 1 aromatic carbocycles. The van der Waals surface area contributed by atoms with Crippen LogP contribution in [0.15, 0.2) is 24.3 Å². The second-order valence-corrected chi connectivity index (χ2v) is 9.21. The van der Waals surface area contributed by atoms with Gasteiger partial charge < -0.3 is 9.47 Å². The van der Waals surface area contributed by atoms with Crippen LogP contribution >= 0.6 is 11.3 Å². The van der Waals surface area contributed by atoms with Crippen molar-refractivity contribution in [1.82, 2.24) is 4.98 Å². The highest BCUT2D eigenvalue weighted by Crippen LogP contribution is 2.35. The van der Waals surface area contributed by atoms with Gasteiger partial charge in [0.1, 0.15) is 6.10 Å². The van der Waals surface area contributed by atoms with Crippen molar-refractivity contribution in [2.45, 2.75) is 59.0 Å². The lowest BCUT2D eigenvalue weighted by Gasteiger charge is -2.36. The molecule has 3 rings (SSSR count). The molecule has 0 aliphatic heterocycles. The number of thiazole rings is 1. The molecule has 5 nitrogen and oxygen atoms in total. The Hall–Kier alpha value is -1.95. The standard InChI is InChI=1S/C22H29NO4S/c1-14(2)16-9-8-15(3)12-18(16)27-22(25)13-26-21(24)11-10-20-23-17-6-4-5-7-19(17)28-20/h4-7,14-16,18H,8-13H2,1-3H3. The summed E-state index contributed by atoms with van der Waals surface area (Å²) in [6.07, 6.45) is 3.80. The average Bonchev–Trinajstić information content (AvgIpc) is 3.07. The minimum absolute atomic E-state index is 0.0716. The number of rotatable bonds is 7. The largest absolute Gasteiger partial charge is 0.460 e. The molecule has 1 aliphatic rings. The van der Waals surface area contributed by atoms with Crippen LogP contribution in [0.4, 0.5) is 0 Å². The van der Waals surface area contributed by atoms with E-state index in [-0.39, 0.29) is 19.1 Å². The summed E-state index contributed by atoms with van der Waals surface area (Å²) in [6.45, 7) is 6.22. The number of nitrogens with zero attached hydrogens (tertiary/aromatic N) is 1. The van der Waals surface area contributed by atoms with E-state index < -0.39 is 11.9 Å². The van der Waals surface area contributed by atoms with Crippen LogP contribution in [0.25, 0.3) is 10.2 Å². The Bertz CT molecular complexity index is 783. The van der Waals surface area contributed by atoms with Crippen LogP contribution in [0.5, 0.6) is 0 Å². The van der Waals surface area contributed by atoms with E-state index in [2.05, 4.69) is 25.8 Å². The van der Waals surface area contributed by atoms with E-state index in [0.29, 0.717) is 24.2 Å². The van der Waals surface area contributed by atoms with E-state index in [4.69, 9.17) is 9.47 Å². The Morgan fingerprint density at radius 2 is 2.00 bits per heavy atom. The smallest absolute Gasteiger partial charge is 0.344 e. The van der Waals surface area contributed by atoms with Crippen molar-refractivity contribution in [3.8, 4) is 0 Å². The Morgan fingerprint density at radius 3 is 2.75 bits per heavy atom.